The molecular formula is C29H27NO4. The van der Waals surface area contributed by atoms with Gasteiger partial charge >= 0.3 is 5.97 Å². The number of rotatable bonds is 9. The third-order valence-corrected chi connectivity index (χ3v) is 5.96. The van der Waals surface area contributed by atoms with E-state index in [9.17, 15) is 9.59 Å². The summed E-state index contributed by atoms with van der Waals surface area (Å²) >= 11 is 0. The van der Waals surface area contributed by atoms with Crippen molar-refractivity contribution in [1.82, 2.24) is 5.32 Å². The van der Waals surface area contributed by atoms with Crippen molar-refractivity contribution in [3.63, 3.8) is 0 Å². The number of aliphatic carboxylic acids is 1. The number of carboxylic acid groups (broad SMARTS) is 1. The highest BCUT2D eigenvalue weighted by molar-refractivity contribution is 5.94. The van der Waals surface area contributed by atoms with Gasteiger partial charge in [0.05, 0.1) is 13.5 Å². The Balaban J connectivity index is 1.63. The maximum absolute atomic E-state index is 12.4. The van der Waals surface area contributed by atoms with Crippen molar-refractivity contribution in [2.75, 3.05) is 13.7 Å². The van der Waals surface area contributed by atoms with Crippen LogP contribution in [0.2, 0.25) is 0 Å². The van der Waals surface area contributed by atoms with Gasteiger partial charge in [0.1, 0.15) is 5.75 Å². The number of fused-ring (bicyclic) bond motifs is 1. The van der Waals surface area contributed by atoms with E-state index >= 15 is 0 Å². The van der Waals surface area contributed by atoms with E-state index < -0.39 is 5.97 Å². The van der Waals surface area contributed by atoms with Gasteiger partial charge in [-0.3, -0.25) is 9.59 Å². The van der Waals surface area contributed by atoms with Crippen LogP contribution in [0.1, 0.15) is 39.4 Å². The molecule has 4 rings (SSSR count). The minimum Gasteiger partial charge on any atom is -0.497 e. The molecule has 1 unspecified atom stereocenters. The maximum Gasteiger partial charge on any atom is 0.305 e. The topological polar surface area (TPSA) is 75.6 Å². The number of hydrogen-bond acceptors (Lipinski definition) is 3. The molecule has 0 saturated heterocycles. The zero-order chi connectivity index (χ0) is 23.9. The zero-order valence-corrected chi connectivity index (χ0v) is 19.0. The molecule has 4 aromatic carbocycles. The van der Waals surface area contributed by atoms with Crippen molar-refractivity contribution in [3.05, 3.63) is 113 Å². The SMILES string of the molecule is COc1ccc2cc(C(Cc3ccccc3)c3ccc(C(=O)NCCC(=O)O)cc3)ccc2c1. The van der Waals surface area contributed by atoms with Crippen LogP contribution in [0.25, 0.3) is 10.8 Å². The molecule has 0 fully saturated rings. The van der Waals surface area contributed by atoms with Gasteiger partial charge in [-0.05, 0) is 58.1 Å². The Morgan fingerprint density at radius 1 is 0.853 bits per heavy atom. The number of carbonyl (C=O) groups excluding carboxylic acids is 1. The smallest absolute Gasteiger partial charge is 0.305 e. The molecular weight excluding hydrogens is 426 g/mol. The summed E-state index contributed by atoms with van der Waals surface area (Å²) in [5.41, 5.74) is 4.05. The Morgan fingerprint density at radius 3 is 2.24 bits per heavy atom. The standard InChI is InChI=1S/C29H27NO4/c1-34-26-14-13-23-18-25(12-11-24(23)19-26)27(17-20-5-3-2-4-6-20)21-7-9-22(10-8-21)29(33)30-16-15-28(31)32/h2-14,18-19,27H,15-17H2,1H3,(H,30,33)(H,31,32). The number of hydrogen-bond donors (Lipinski definition) is 2. The Morgan fingerprint density at radius 2 is 1.53 bits per heavy atom. The van der Waals surface area contributed by atoms with Gasteiger partial charge in [0.2, 0.25) is 0 Å². The van der Waals surface area contributed by atoms with Crippen LogP contribution >= 0.6 is 0 Å². The lowest BCUT2D eigenvalue weighted by molar-refractivity contribution is -0.136. The van der Waals surface area contributed by atoms with E-state index in [1.807, 2.05) is 42.5 Å². The normalized spacial score (nSPS) is 11.7. The fourth-order valence-electron chi connectivity index (χ4n) is 4.12. The second-order valence-electron chi connectivity index (χ2n) is 8.24. The lowest BCUT2D eigenvalue weighted by atomic mass is 9.85. The molecule has 0 radical (unpaired) electrons. The summed E-state index contributed by atoms with van der Waals surface area (Å²) in [7, 11) is 1.67. The van der Waals surface area contributed by atoms with E-state index in [-0.39, 0.29) is 24.8 Å². The predicted molar refractivity (Wildman–Crippen MR) is 134 cm³/mol. The molecule has 172 valence electrons. The van der Waals surface area contributed by atoms with E-state index in [1.54, 1.807) is 19.2 Å². The first-order chi connectivity index (χ1) is 16.5. The van der Waals surface area contributed by atoms with Crippen LogP contribution < -0.4 is 10.1 Å². The van der Waals surface area contributed by atoms with Crippen LogP contribution in [0.3, 0.4) is 0 Å². The summed E-state index contributed by atoms with van der Waals surface area (Å²) < 4.78 is 5.35. The van der Waals surface area contributed by atoms with Gasteiger partial charge in [-0.15, -0.1) is 0 Å². The third-order valence-electron chi connectivity index (χ3n) is 5.96. The molecule has 5 nitrogen and oxygen atoms in total. The Kier molecular flexibility index (Phi) is 7.23. The molecule has 0 aliphatic carbocycles. The highest BCUT2D eigenvalue weighted by Crippen LogP contribution is 2.32. The summed E-state index contributed by atoms with van der Waals surface area (Å²) in [6, 6.07) is 30.5. The maximum atomic E-state index is 12.4. The summed E-state index contributed by atoms with van der Waals surface area (Å²) in [5, 5.41) is 13.7. The molecule has 5 heteroatoms. The van der Waals surface area contributed by atoms with Gasteiger partial charge in [-0.2, -0.15) is 0 Å². The molecule has 1 atom stereocenters. The lowest BCUT2D eigenvalue weighted by Gasteiger charge is -2.20. The third kappa shape index (κ3) is 5.62. The lowest BCUT2D eigenvalue weighted by Crippen LogP contribution is -2.25. The molecule has 4 aromatic rings. The molecule has 0 heterocycles. The second-order valence-corrected chi connectivity index (χ2v) is 8.24. The van der Waals surface area contributed by atoms with Crippen molar-refractivity contribution in [1.29, 1.82) is 0 Å². The van der Waals surface area contributed by atoms with Crippen LogP contribution in [-0.4, -0.2) is 30.6 Å². The number of benzene rings is 4. The summed E-state index contributed by atoms with van der Waals surface area (Å²) in [6.45, 7) is 0.106. The number of nitrogens with one attached hydrogen (secondary N) is 1. The van der Waals surface area contributed by atoms with E-state index in [0.29, 0.717) is 5.56 Å². The first-order valence-electron chi connectivity index (χ1n) is 11.2. The highest BCUT2D eigenvalue weighted by atomic mass is 16.5. The van der Waals surface area contributed by atoms with E-state index in [0.717, 1.165) is 28.5 Å². The van der Waals surface area contributed by atoms with Crippen LogP contribution in [-0.2, 0) is 11.2 Å². The predicted octanol–water partition coefficient (Wildman–Crippen LogP) is 5.43. The van der Waals surface area contributed by atoms with Crippen molar-refractivity contribution in [2.24, 2.45) is 0 Å². The molecule has 0 aliphatic heterocycles. The number of methoxy groups -OCH3 is 1. The summed E-state index contributed by atoms with van der Waals surface area (Å²) in [4.78, 5) is 23.0. The van der Waals surface area contributed by atoms with Crippen LogP contribution in [0.4, 0.5) is 0 Å². The first-order valence-corrected chi connectivity index (χ1v) is 11.2. The second kappa shape index (κ2) is 10.7. The van der Waals surface area contributed by atoms with Crippen molar-refractivity contribution < 1.29 is 19.4 Å². The Bertz CT molecular complexity index is 1280. The molecule has 0 aliphatic rings. The minimum atomic E-state index is -0.937. The van der Waals surface area contributed by atoms with Crippen molar-refractivity contribution in [3.8, 4) is 5.75 Å². The number of ether oxygens (including phenoxy) is 1. The fourth-order valence-corrected chi connectivity index (χ4v) is 4.12. The first kappa shape index (κ1) is 23.1. The molecule has 0 aromatic heterocycles. The molecule has 0 bridgehead atoms. The largest absolute Gasteiger partial charge is 0.497 e. The van der Waals surface area contributed by atoms with Gasteiger partial charge in [0.25, 0.3) is 5.91 Å². The monoisotopic (exact) mass is 453 g/mol. The van der Waals surface area contributed by atoms with Gasteiger partial charge in [-0.1, -0.05) is 66.7 Å². The zero-order valence-electron chi connectivity index (χ0n) is 19.0. The highest BCUT2D eigenvalue weighted by Gasteiger charge is 2.17. The summed E-state index contributed by atoms with van der Waals surface area (Å²) in [6.07, 6.45) is 0.726. The van der Waals surface area contributed by atoms with E-state index in [2.05, 4.69) is 41.7 Å². The molecule has 0 spiro atoms. The van der Waals surface area contributed by atoms with Gasteiger partial charge < -0.3 is 15.2 Å². The average Bonchev–Trinajstić information content (AvgIpc) is 2.87. The molecule has 2 N–H and O–H groups in total. The van der Waals surface area contributed by atoms with E-state index in [4.69, 9.17) is 9.84 Å². The Labute approximate surface area is 199 Å². The van der Waals surface area contributed by atoms with Gasteiger partial charge in [-0.25, -0.2) is 0 Å². The van der Waals surface area contributed by atoms with Crippen LogP contribution in [0.15, 0.2) is 91.0 Å². The average molecular weight is 454 g/mol. The molecule has 0 saturated carbocycles. The van der Waals surface area contributed by atoms with Gasteiger partial charge in [0, 0.05) is 18.0 Å². The quantitative estimate of drug-likeness (QED) is 0.354. The Hall–Kier alpha value is -4.12. The number of carboxylic acids is 1. The minimum absolute atomic E-state index is 0.100. The van der Waals surface area contributed by atoms with E-state index in [1.165, 1.54) is 11.1 Å². The fraction of sp³-hybridized carbons (Fsp3) is 0.172. The molecule has 1 amide bonds. The van der Waals surface area contributed by atoms with Crippen molar-refractivity contribution >= 4 is 22.6 Å². The number of carbonyl (C=O) groups is 2. The van der Waals surface area contributed by atoms with Gasteiger partial charge in [0.15, 0.2) is 0 Å². The summed E-state index contributed by atoms with van der Waals surface area (Å²) in [5.74, 6) is -0.267. The molecule has 34 heavy (non-hydrogen) atoms. The van der Waals surface area contributed by atoms with Crippen LogP contribution in [0, 0.1) is 0 Å². The van der Waals surface area contributed by atoms with Crippen molar-refractivity contribution in [2.45, 2.75) is 18.8 Å². The van der Waals surface area contributed by atoms with Crippen LogP contribution in [0.5, 0.6) is 5.75 Å². The number of amides is 1.